The molecule has 7 heteroatoms. The summed E-state index contributed by atoms with van der Waals surface area (Å²) in [5, 5.41) is 9.75. The molecular weight excluding hydrogens is 323 g/mol. The summed E-state index contributed by atoms with van der Waals surface area (Å²) in [5.41, 5.74) is 1.76. The zero-order valence-electron chi connectivity index (χ0n) is 14.5. The predicted molar refractivity (Wildman–Crippen MR) is 92.8 cm³/mol. The number of hydrogen-bond donors (Lipinski definition) is 2. The summed E-state index contributed by atoms with van der Waals surface area (Å²) >= 11 is 0. The number of aromatic nitrogens is 2. The Kier molecular flexibility index (Phi) is 5.45. The van der Waals surface area contributed by atoms with Crippen LogP contribution in [0.25, 0.3) is 11.3 Å². The molecule has 0 saturated carbocycles. The van der Waals surface area contributed by atoms with Gasteiger partial charge < -0.3 is 10.1 Å². The Morgan fingerprint density at radius 2 is 2.00 bits per heavy atom. The number of halogens is 1. The van der Waals surface area contributed by atoms with Crippen LogP contribution in [0.3, 0.4) is 0 Å². The van der Waals surface area contributed by atoms with Crippen molar-refractivity contribution in [3.05, 3.63) is 41.8 Å². The number of rotatable bonds is 5. The van der Waals surface area contributed by atoms with Crippen molar-refractivity contribution in [2.24, 2.45) is 0 Å². The number of morpholine rings is 1. The number of carbonyl (C=O) groups excluding carboxylic acids is 1. The van der Waals surface area contributed by atoms with Gasteiger partial charge in [0.25, 0.3) is 5.91 Å². The lowest BCUT2D eigenvalue weighted by Crippen LogP contribution is -2.47. The van der Waals surface area contributed by atoms with Gasteiger partial charge in [-0.3, -0.25) is 14.8 Å². The number of ether oxygens (including phenoxy) is 1. The third kappa shape index (κ3) is 4.64. The van der Waals surface area contributed by atoms with Crippen LogP contribution in [0.15, 0.2) is 30.3 Å². The maximum absolute atomic E-state index is 13.0. The van der Waals surface area contributed by atoms with E-state index in [1.807, 2.05) is 0 Å². The van der Waals surface area contributed by atoms with E-state index in [-0.39, 0.29) is 23.9 Å². The highest BCUT2D eigenvalue weighted by Gasteiger charge is 2.21. The summed E-state index contributed by atoms with van der Waals surface area (Å²) in [6, 6.07) is 7.67. The van der Waals surface area contributed by atoms with Gasteiger partial charge >= 0.3 is 0 Å². The number of carbonyl (C=O) groups is 1. The van der Waals surface area contributed by atoms with Crippen molar-refractivity contribution >= 4 is 5.91 Å². The molecule has 2 heterocycles. The average Bonchev–Trinajstić information content (AvgIpc) is 3.04. The zero-order valence-corrected chi connectivity index (χ0v) is 14.5. The number of H-pyrrole nitrogens is 1. The fourth-order valence-electron chi connectivity index (χ4n) is 3.10. The van der Waals surface area contributed by atoms with Crippen molar-refractivity contribution < 1.29 is 13.9 Å². The molecule has 1 aromatic carbocycles. The van der Waals surface area contributed by atoms with Crippen LogP contribution in [0.2, 0.25) is 0 Å². The van der Waals surface area contributed by atoms with Crippen LogP contribution in [0, 0.1) is 5.82 Å². The van der Waals surface area contributed by atoms with Crippen LogP contribution >= 0.6 is 0 Å². The SMILES string of the molecule is CC1CN(CCNC(=O)c2cc(-c3ccc(F)cc3)n[nH]2)CC(C)O1. The van der Waals surface area contributed by atoms with Crippen molar-refractivity contribution in [1.82, 2.24) is 20.4 Å². The summed E-state index contributed by atoms with van der Waals surface area (Å²) in [6.45, 7) is 7.20. The van der Waals surface area contributed by atoms with Gasteiger partial charge in [-0.25, -0.2) is 4.39 Å². The standard InChI is InChI=1S/C18H23FN4O2/c1-12-10-23(11-13(2)25-12)8-7-20-18(24)17-9-16(21-22-17)14-3-5-15(19)6-4-14/h3-6,9,12-13H,7-8,10-11H2,1-2H3,(H,20,24)(H,21,22). The Morgan fingerprint density at radius 3 is 2.68 bits per heavy atom. The summed E-state index contributed by atoms with van der Waals surface area (Å²) < 4.78 is 18.7. The van der Waals surface area contributed by atoms with Gasteiger partial charge in [-0.2, -0.15) is 5.10 Å². The van der Waals surface area contributed by atoms with Crippen LogP contribution in [0.1, 0.15) is 24.3 Å². The molecule has 3 rings (SSSR count). The third-order valence-corrected chi connectivity index (χ3v) is 4.17. The lowest BCUT2D eigenvalue weighted by atomic mass is 10.1. The van der Waals surface area contributed by atoms with Crippen molar-refractivity contribution in [1.29, 1.82) is 0 Å². The largest absolute Gasteiger partial charge is 0.373 e. The highest BCUT2D eigenvalue weighted by atomic mass is 19.1. The van der Waals surface area contributed by atoms with Gasteiger partial charge in [0, 0.05) is 31.7 Å². The Bertz CT molecular complexity index is 706. The Hall–Kier alpha value is -2.25. The molecule has 2 aromatic rings. The molecule has 1 aliphatic heterocycles. The molecule has 2 unspecified atom stereocenters. The Labute approximate surface area is 146 Å². The first kappa shape index (κ1) is 17.6. The van der Waals surface area contributed by atoms with Crippen molar-refractivity contribution in [2.45, 2.75) is 26.1 Å². The van der Waals surface area contributed by atoms with Crippen molar-refractivity contribution in [3.63, 3.8) is 0 Å². The molecule has 25 heavy (non-hydrogen) atoms. The maximum Gasteiger partial charge on any atom is 0.269 e. The van der Waals surface area contributed by atoms with E-state index in [0.717, 1.165) is 25.2 Å². The summed E-state index contributed by atoms with van der Waals surface area (Å²) in [6.07, 6.45) is 0.427. The number of amides is 1. The van der Waals surface area contributed by atoms with E-state index >= 15 is 0 Å². The molecule has 1 aliphatic rings. The van der Waals surface area contributed by atoms with Gasteiger partial charge in [0.2, 0.25) is 0 Å². The number of hydrogen-bond acceptors (Lipinski definition) is 4. The fourth-order valence-corrected chi connectivity index (χ4v) is 3.10. The first-order chi connectivity index (χ1) is 12.0. The number of nitrogens with zero attached hydrogens (tertiary/aromatic N) is 2. The summed E-state index contributed by atoms with van der Waals surface area (Å²) in [4.78, 5) is 14.5. The van der Waals surface area contributed by atoms with Gasteiger partial charge in [-0.15, -0.1) is 0 Å². The normalized spacial score (nSPS) is 21.2. The van der Waals surface area contributed by atoms with Gasteiger partial charge in [-0.05, 0) is 44.2 Å². The molecule has 0 aliphatic carbocycles. The highest BCUT2D eigenvalue weighted by molar-refractivity contribution is 5.93. The lowest BCUT2D eigenvalue weighted by Gasteiger charge is -2.35. The van der Waals surface area contributed by atoms with Crippen molar-refractivity contribution in [2.75, 3.05) is 26.2 Å². The van der Waals surface area contributed by atoms with Crippen LogP contribution in [-0.2, 0) is 4.74 Å². The smallest absolute Gasteiger partial charge is 0.269 e. The minimum absolute atomic E-state index is 0.199. The van der Waals surface area contributed by atoms with Crippen LogP contribution in [0.4, 0.5) is 4.39 Å². The second-order valence-electron chi connectivity index (χ2n) is 6.45. The Balaban J connectivity index is 1.51. The highest BCUT2D eigenvalue weighted by Crippen LogP contribution is 2.18. The van der Waals surface area contributed by atoms with Gasteiger partial charge in [0.05, 0.1) is 17.9 Å². The van der Waals surface area contributed by atoms with E-state index in [1.54, 1.807) is 18.2 Å². The molecule has 2 N–H and O–H groups in total. The van der Waals surface area contributed by atoms with E-state index in [9.17, 15) is 9.18 Å². The quantitative estimate of drug-likeness (QED) is 0.869. The van der Waals surface area contributed by atoms with E-state index < -0.39 is 0 Å². The molecule has 1 saturated heterocycles. The molecule has 6 nitrogen and oxygen atoms in total. The molecule has 2 atom stereocenters. The Morgan fingerprint density at radius 1 is 1.32 bits per heavy atom. The van der Waals surface area contributed by atoms with Crippen LogP contribution in [-0.4, -0.2) is 59.4 Å². The van der Waals surface area contributed by atoms with E-state index in [1.165, 1.54) is 12.1 Å². The first-order valence-electron chi connectivity index (χ1n) is 8.48. The van der Waals surface area contributed by atoms with Crippen LogP contribution in [0.5, 0.6) is 0 Å². The third-order valence-electron chi connectivity index (χ3n) is 4.17. The van der Waals surface area contributed by atoms with Gasteiger partial charge in [0.1, 0.15) is 11.5 Å². The molecular formula is C18H23FN4O2. The molecule has 1 fully saturated rings. The summed E-state index contributed by atoms with van der Waals surface area (Å²) in [5.74, 6) is -0.501. The van der Waals surface area contributed by atoms with Crippen LogP contribution < -0.4 is 5.32 Å². The molecule has 0 bridgehead atoms. The first-order valence-corrected chi connectivity index (χ1v) is 8.48. The average molecular weight is 346 g/mol. The molecule has 134 valence electrons. The maximum atomic E-state index is 13.0. The van der Waals surface area contributed by atoms with Gasteiger partial charge in [0.15, 0.2) is 0 Å². The zero-order chi connectivity index (χ0) is 17.8. The summed E-state index contributed by atoms with van der Waals surface area (Å²) in [7, 11) is 0. The minimum Gasteiger partial charge on any atom is -0.373 e. The van der Waals surface area contributed by atoms with E-state index in [0.29, 0.717) is 17.9 Å². The molecule has 1 aromatic heterocycles. The number of benzene rings is 1. The van der Waals surface area contributed by atoms with Gasteiger partial charge in [-0.1, -0.05) is 0 Å². The molecule has 0 spiro atoms. The number of nitrogens with one attached hydrogen (secondary N) is 2. The predicted octanol–water partition coefficient (Wildman–Crippen LogP) is 2.05. The second kappa shape index (κ2) is 7.76. The van der Waals surface area contributed by atoms with E-state index in [2.05, 4.69) is 34.3 Å². The van der Waals surface area contributed by atoms with Crippen molar-refractivity contribution in [3.8, 4) is 11.3 Å². The monoisotopic (exact) mass is 346 g/mol. The van der Waals surface area contributed by atoms with E-state index in [4.69, 9.17) is 4.74 Å². The minimum atomic E-state index is -0.302. The lowest BCUT2D eigenvalue weighted by molar-refractivity contribution is -0.0672. The molecule has 1 amide bonds. The second-order valence-corrected chi connectivity index (χ2v) is 6.45. The molecule has 0 radical (unpaired) electrons. The number of aromatic amines is 1. The topological polar surface area (TPSA) is 70.2 Å². The fraction of sp³-hybridized carbons (Fsp3) is 0.444.